The number of benzene rings is 1. The highest BCUT2D eigenvalue weighted by molar-refractivity contribution is 5.83. The molecule has 100 valence electrons. The summed E-state index contributed by atoms with van der Waals surface area (Å²) in [6.07, 6.45) is -1.60. The molecule has 3 atom stereocenters. The average molecular weight is 263 g/mol. The van der Waals surface area contributed by atoms with E-state index in [2.05, 4.69) is 0 Å². The van der Waals surface area contributed by atoms with Crippen LogP contribution < -0.4 is 0 Å². The second-order valence-corrected chi connectivity index (χ2v) is 4.61. The number of carbonyl (C=O) groups is 2. The molecular formula is C13H13NO5. The van der Waals surface area contributed by atoms with E-state index in [1.165, 1.54) is 0 Å². The number of morpholine rings is 1. The number of ether oxygens (including phenoxy) is 2. The van der Waals surface area contributed by atoms with Gasteiger partial charge in [-0.2, -0.15) is 0 Å². The number of esters is 1. The fourth-order valence-corrected chi connectivity index (χ4v) is 2.34. The molecule has 19 heavy (non-hydrogen) atoms. The van der Waals surface area contributed by atoms with Gasteiger partial charge in [-0.3, -0.25) is 4.90 Å². The van der Waals surface area contributed by atoms with Gasteiger partial charge >= 0.3 is 12.1 Å². The SMILES string of the molecule is O=C(OCc1ccccc1)[C@@H]1[C@@H]2O[C@@H]2CN1C(=O)O. The van der Waals surface area contributed by atoms with E-state index in [-0.39, 0.29) is 25.4 Å². The second kappa shape index (κ2) is 4.55. The Labute approximate surface area is 109 Å². The smallest absolute Gasteiger partial charge is 0.408 e. The lowest BCUT2D eigenvalue weighted by atomic mass is 10.2. The number of hydrogen-bond donors (Lipinski definition) is 1. The molecule has 1 aromatic rings. The third-order valence-electron chi connectivity index (χ3n) is 3.36. The second-order valence-electron chi connectivity index (χ2n) is 4.61. The van der Waals surface area contributed by atoms with Crippen molar-refractivity contribution in [3.05, 3.63) is 35.9 Å². The Bertz CT molecular complexity index is 503. The zero-order valence-corrected chi connectivity index (χ0v) is 10.1. The van der Waals surface area contributed by atoms with Gasteiger partial charge in [-0.15, -0.1) is 0 Å². The maximum Gasteiger partial charge on any atom is 0.408 e. The number of rotatable bonds is 3. The molecule has 0 spiro atoms. The molecule has 0 unspecified atom stereocenters. The van der Waals surface area contributed by atoms with Gasteiger partial charge in [0.25, 0.3) is 0 Å². The molecule has 2 fully saturated rings. The van der Waals surface area contributed by atoms with Crippen LogP contribution in [0.15, 0.2) is 30.3 Å². The molecule has 3 rings (SSSR count). The summed E-state index contributed by atoms with van der Waals surface area (Å²) in [5.74, 6) is -0.545. The standard InChI is InChI=1S/C13H13NO5/c15-12(18-7-8-4-2-1-3-5-8)10-11-9(19-11)6-14(10)13(16)17/h1-5,9-11H,6-7H2,(H,16,17)/t9-,10+,11-/m1/s1. The molecule has 2 heterocycles. The molecule has 6 heteroatoms. The minimum Gasteiger partial charge on any atom is -0.465 e. The van der Waals surface area contributed by atoms with Crippen LogP contribution in [0.5, 0.6) is 0 Å². The Morgan fingerprint density at radius 1 is 1.37 bits per heavy atom. The Balaban J connectivity index is 1.62. The first-order chi connectivity index (χ1) is 9.16. The highest BCUT2D eigenvalue weighted by atomic mass is 16.6. The lowest BCUT2D eigenvalue weighted by Gasteiger charge is -2.22. The van der Waals surface area contributed by atoms with Crippen LogP contribution in [0.1, 0.15) is 5.56 Å². The average Bonchev–Trinajstić information content (AvgIpc) is 3.07. The van der Waals surface area contributed by atoms with Gasteiger partial charge in [0.1, 0.15) is 18.8 Å². The van der Waals surface area contributed by atoms with Gasteiger partial charge < -0.3 is 14.6 Å². The number of carbonyl (C=O) groups excluding carboxylic acids is 1. The Morgan fingerprint density at radius 3 is 2.79 bits per heavy atom. The number of nitrogens with zero attached hydrogens (tertiary/aromatic N) is 1. The minimum atomic E-state index is -1.11. The third kappa shape index (κ3) is 2.26. The number of epoxide rings is 1. The van der Waals surface area contributed by atoms with Crippen LogP contribution in [-0.4, -0.2) is 46.9 Å². The first-order valence-electron chi connectivity index (χ1n) is 6.02. The summed E-state index contributed by atoms with van der Waals surface area (Å²) in [6.45, 7) is 0.381. The van der Waals surface area contributed by atoms with Crippen molar-refractivity contribution in [2.24, 2.45) is 0 Å². The first kappa shape index (κ1) is 12.0. The quantitative estimate of drug-likeness (QED) is 0.646. The highest BCUT2D eigenvalue weighted by Gasteiger charge is 2.60. The van der Waals surface area contributed by atoms with Gasteiger partial charge in [0.05, 0.1) is 6.54 Å². The summed E-state index contributed by atoms with van der Waals surface area (Å²) in [5, 5.41) is 9.02. The van der Waals surface area contributed by atoms with Crippen molar-refractivity contribution in [2.75, 3.05) is 6.54 Å². The topological polar surface area (TPSA) is 79.4 Å². The number of hydrogen-bond acceptors (Lipinski definition) is 4. The number of fused-ring (bicyclic) bond motifs is 1. The van der Waals surface area contributed by atoms with Crippen LogP contribution in [0, 0.1) is 0 Å². The van der Waals surface area contributed by atoms with Crippen LogP contribution in [0.25, 0.3) is 0 Å². The molecule has 0 radical (unpaired) electrons. The number of amides is 1. The van der Waals surface area contributed by atoms with Crippen molar-refractivity contribution in [2.45, 2.75) is 24.9 Å². The summed E-state index contributed by atoms with van der Waals surface area (Å²) < 4.78 is 10.4. The van der Waals surface area contributed by atoms with Crippen molar-refractivity contribution in [1.29, 1.82) is 0 Å². The Morgan fingerprint density at radius 2 is 2.11 bits per heavy atom. The van der Waals surface area contributed by atoms with E-state index in [4.69, 9.17) is 14.6 Å². The lowest BCUT2D eigenvalue weighted by molar-refractivity contribution is -0.151. The maximum atomic E-state index is 12.0. The lowest BCUT2D eigenvalue weighted by Crippen LogP contribution is -2.45. The van der Waals surface area contributed by atoms with Crippen molar-refractivity contribution in [1.82, 2.24) is 4.90 Å². The van der Waals surface area contributed by atoms with Gasteiger partial charge in [-0.05, 0) is 5.56 Å². The predicted molar refractivity (Wildman–Crippen MR) is 63.4 cm³/mol. The monoisotopic (exact) mass is 263 g/mol. The summed E-state index contributed by atoms with van der Waals surface area (Å²) in [5.41, 5.74) is 0.865. The van der Waals surface area contributed by atoms with Crippen molar-refractivity contribution >= 4 is 12.1 Å². The van der Waals surface area contributed by atoms with E-state index in [0.717, 1.165) is 10.5 Å². The zero-order chi connectivity index (χ0) is 13.4. The fraction of sp³-hybridized carbons (Fsp3) is 0.385. The molecule has 2 aliphatic rings. The largest absolute Gasteiger partial charge is 0.465 e. The van der Waals surface area contributed by atoms with E-state index < -0.39 is 18.1 Å². The molecule has 0 saturated carbocycles. The molecule has 2 saturated heterocycles. The van der Waals surface area contributed by atoms with E-state index in [9.17, 15) is 9.59 Å². The molecule has 0 bridgehead atoms. The predicted octanol–water partition coefficient (Wildman–Crippen LogP) is 0.859. The van der Waals surface area contributed by atoms with E-state index in [1.54, 1.807) is 0 Å². The van der Waals surface area contributed by atoms with Gasteiger partial charge in [0.15, 0.2) is 6.04 Å². The van der Waals surface area contributed by atoms with E-state index in [0.29, 0.717) is 0 Å². The molecule has 1 N–H and O–H groups in total. The molecule has 2 aliphatic heterocycles. The normalized spacial score (nSPS) is 27.8. The van der Waals surface area contributed by atoms with Crippen molar-refractivity contribution in [3.8, 4) is 0 Å². The number of carboxylic acid groups (broad SMARTS) is 1. The third-order valence-corrected chi connectivity index (χ3v) is 3.36. The Kier molecular flexibility index (Phi) is 2.87. The molecule has 6 nitrogen and oxygen atoms in total. The maximum absolute atomic E-state index is 12.0. The molecular weight excluding hydrogens is 250 g/mol. The highest BCUT2D eigenvalue weighted by Crippen LogP contribution is 2.37. The fourth-order valence-electron chi connectivity index (χ4n) is 2.34. The van der Waals surface area contributed by atoms with Crippen LogP contribution in [0.3, 0.4) is 0 Å². The minimum absolute atomic E-state index is 0.140. The zero-order valence-electron chi connectivity index (χ0n) is 10.1. The molecule has 0 aliphatic carbocycles. The van der Waals surface area contributed by atoms with E-state index >= 15 is 0 Å². The van der Waals surface area contributed by atoms with Gasteiger partial charge in [-0.25, -0.2) is 9.59 Å². The van der Waals surface area contributed by atoms with Gasteiger partial charge in [-0.1, -0.05) is 30.3 Å². The molecule has 1 amide bonds. The van der Waals surface area contributed by atoms with Crippen LogP contribution in [0.2, 0.25) is 0 Å². The number of likely N-dealkylation sites (tertiary alicyclic amines) is 1. The molecule has 1 aromatic carbocycles. The molecule has 0 aromatic heterocycles. The summed E-state index contributed by atoms with van der Waals surface area (Å²) >= 11 is 0. The van der Waals surface area contributed by atoms with Gasteiger partial charge in [0.2, 0.25) is 0 Å². The van der Waals surface area contributed by atoms with Crippen molar-refractivity contribution in [3.63, 3.8) is 0 Å². The van der Waals surface area contributed by atoms with E-state index in [1.807, 2.05) is 30.3 Å². The van der Waals surface area contributed by atoms with Crippen LogP contribution in [-0.2, 0) is 20.9 Å². The summed E-state index contributed by atoms with van der Waals surface area (Å²) in [4.78, 5) is 24.1. The van der Waals surface area contributed by atoms with Crippen molar-refractivity contribution < 1.29 is 24.2 Å². The van der Waals surface area contributed by atoms with Crippen LogP contribution in [0.4, 0.5) is 4.79 Å². The first-order valence-corrected chi connectivity index (χ1v) is 6.02. The Hall–Kier alpha value is -2.08. The van der Waals surface area contributed by atoms with Crippen LogP contribution >= 0.6 is 0 Å². The summed E-state index contributed by atoms with van der Waals surface area (Å²) in [6, 6.07) is 8.42. The summed E-state index contributed by atoms with van der Waals surface area (Å²) in [7, 11) is 0. The van der Waals surface area contributed by atoms with Gasteiger partial charge in [0, 0.05) is 0 Å².